The fourth-order valence-electron chi connectivity index (χ4n) is 2.55. The van der Waals surface area contributed by atoms with Gasteiger partial charge >= 0.3 is 0 Å². The average Bonchev–Trinajstić information content (AvgIpc) is 2.74. The van der Waals surface area contributed by atoms with Crippen LogP contribution in [0.4, 0.5) is 0 Å². The lowest BCUT2D eigenvalue weighted by atomic mass is 9.94. The van der Waals surface area contributed by atoms with Crippen LogP contribution in [0.15, 0.2) is 18.2 Å². The van der Waals surface area contributed by atoms with Gasteiger partial charge in [0.25, 0.3) is 0 Å². The molecule has 1 aliphatic rings. The number of nitrogens with one attached hydrogen (secondary N) is 2. The molecule has 1 aromatic rings. The Morgan fingerprint density at radius 1 is 1.55 bits per heavy atom. The van der Waals surface area contributed by atoms with Crippen molar-refractivity contribution in [2.24, 2.45) is 5.92 Å². The van der Waals surface area contributed by atoms with Gasteiger partial charge in [0.15, 0.2) is 0 Å². The van der Waals surface area contributed by atoms with Crippen molar-refractivity contribution in [2.75, 3.05) is 40.0 Å². The number of carbonyl (C=O) groups is 1. The van der Waals surface area contributed by atoms with E-state index in [0.717, 1.165) is 29.2 Å². The van der Waals surface area contributed by atoms with Crippen LogP contribution in [-0.2, 0) is 14.3 Å². The Kier molecular flexibility index (Phi) is 6.64. The molecule has 1 amide bonds. The fourth-order valence-corrected chi connectivity index (χ4v) is 2.74. The second kappa shape index (κ2) is 8.48. The van der Waals surface area contributed by atoms with Gasteiger partial charge in [-0.3, -0.25) is 4.79 Å². The molecule has 0 radical (unpaired) electrons. The maximum Gasteiger partial charge on any atom is 0.245 e. The molecule has 2 rings (SSSR count). The molecule has 1 fully saturated rings. The van der Waals surface area contributed by atoms with Crippen LogP contribution in [0.25, 0.3) is 0 Å². The molecule has 22 heavy (non-hydrogen) atoms. The molecule has 0 aliphatic carbocycles. The largest absolute Gasteiger partial charge is 0.375 e. The number of hydrogen-bond acceptors (Lipinski definition) is 4. The quantitative estimate of drug-likeness (QED) is 0.864. The first-order valence-corrected chi connectivity index (χ1v) is 7.83. The van der Waals surface area contributed by atoms with Crippen molar-refractivity contribution in [3.05, 3.63) is 34.3 Å². The standard InChI is InChI=1S/C16H23ClN2O3/c1-11-3-4-12(7-14(11)17)16-13(8-18-5-6-22-16)9-19-15(20)10-21-2/h3-4,7,13,16,18H,5-6,8-10H2,1-2H3,(H,19,20)/t13-,16-/m1/s1. The lowest BCUT2D eigenvalue weighted by molar-refractivity contribution is -0.125. The minimum absolute atomic E-state index is 0.0715. The van der Waals surface area contributed by atoms with Gasteiger partial charge < -0.3 is 20.1 Å². The SMILES string of the molecule is COCC(=O)NC[C@H]1CNCCO[C@@H]1c1ccc(C)c(Cl)c1. The zero-order chi connectivity index (χ0) is 15.9. The van der Waals surface area contributed by atoms with Crippen LogP contribution in [0.2, 0.25) is 5.02 Å². The molecule has 2 N–H and O–H groups in total. The minimum atomic E-state index is -0.118. The summed E-state index contributed by atoms with van der Waals surface area (Å²) in [5, 5.41) is 6.96. The van der Waals surface area contributed by atoms with Gasteiger partial charge in [0.2, 0.25) is 5.91 Å². The second-order valence-electron chi connectivity index (χ2n) is 5.50. The van der Waals surface area contributed by atoms with Crippen molar-refractivity contribution in [3.63, 3.8) is 0 Å². The molecule has 0 bridgehead atoms. The van der Waals surface area contributed by atoms with Crippen LogP contribution >= 0.6 is 11.6 Å². The van der Waals surface area contributed by atoms with Crippen molar-refractivity contribution in [1.82, 2.24) is 10.6 Å². The predicted octanol–water partition coefficient (Wildman–Crippen LogP) is 1.69. The first-order valence-electron chi connectivity index (χ1n) is 7.46. The fraction of sp³-hybridized carbons (Fsp3) is 0.562. The van der Waals surface area contributed by atoms with Crippen LogP contribution in [-0.4, -0.2) is 45.9 Å². The van der Waals surface area contributed by atoms with E-state index in [1.807, 2.05) is 25.1 Å². The van der Waals surface area contributed by atoms with Gasteiger partial charge in [0, 0.05) is 37.7 Å². The van der Waals surface area contributed by atoms with Gasteiger partial charge in [-0.25, -0.2) is 0 Å². The van der Waals surface area contributed by atoms with E-state index in [1.54, 1.807) is 0 Å². The Labute approximate surface area is 136 Å². The molecule has 1 heterocycles. The number of halogens is 1. The summed E-state index contributed by atoms with van der Waals surface area (Å²) in [5.74, 6) is 0.0227. The summed E-state index contributed by atoms with van der Waals surface area (Å²) >= 11 is 6.23. The molecular formula is C16H23ClN2O3. The van der Waals surface area contributed by atoms with Crippen LogP contribution in [0, 0.1) is 12.8 Å². The number of aryl methyl sites for hydroxylation is 1. The lowest BCUT2D eigenvalue weighted by Crippen LogP contribution is -2.37. The topological polar surface area (TPSA) is 59.6 Å². The average molecular weight is 327 g/mol. The molecule has 1 aromatic carbocycles. The lowest BCUT2D eigenvalue weighted by Gasteiger charge is -2.25. The molecule has 0 aromatic heterocycles. The number of amides is 1. The highest BCUT2D eigenvalue weighted by Gasteiger charge is 2.26. The number of carbonyl (C=O) groups excluding carboxylic acids is 1. The zero-order valence-corrected chi connectivity index (χ0v) is 13.8. The molecule has 0 saturated carbocycles. The summed E-state index contributed by atoms with van der Waals surface area (Å²) in [6.07, 6.45) is -0.0871. The molecule has 1 saturated heterocycles. The number of methoxy groups -OCH3 is 1. The van der Waals surface area contributed by atoms with Crippen molar-refractivity contribution in [1.29, 1.82) is 0 Å². The van der Waals surface area contributed by atoms with E-state index in [4.69, 9.17) is 21.1 Å². The van der Waals surface area contributed by atoms with Gasteiger partial charge in [-0.2, -0.15) is 0 Å². The molecule has 5 nitrogen and oxygen atoms in total. The van der Waals surface area contributed by atoms with Crippen LogP contribution in [0.3, 0.4) is 0 Å². The van der Waals surface area contributed by atoms with Gasteiger partial charge in [0.05, 0.1) is 12.7 Å². The number of rotatable bonds is 5. The highest BCUT2D eigenvalue weighted by molar-refractivity contribution is 6.31. The van der Waals surface area contributed by atoms with Crippen molar-refractivity contribution in [3.8, 4) is 0 Å². The number of benzene rings is 1. The molecule has 2 atom stereocenters. The Morgan fingerprint density at radius 3 is 3.09 bits per heavy atom. The monoisotopic (exact) mass is 326 g/mol. The maximum atomic E-state index is 11.6. The third-order valence-electron chi connectivity index (χ3n) is 3.77. The van der Waals surface area contributed by atoms with Crippen LogP contribution in [0.5, 0.6) is 0 Å². The summed E-state index contributed by atoms with van der Waals surface area (Å²) in [7, 11) is 1.51. The van der Waals surface area contributed by atoms with E-state index in [0.29, 0.717) is 13.2 Å². The molecule has 0 unspecified atom stereocenters. The third kappa shape index (κ3) is 4.68. The van der Waals surface area contributed by atoms with Crippen molar-refractivity contribution >= 4 is 17.5 Å². The van der Waals surface area contributed by atoms with Gasteiger partial charge in [-0.05, 0) is 24.1 Å². The van der Waals surface area contributed by atoms with Gasteiger partial charge in [-0.1, -0.05) is 23.7 Å². The van der Waals surface area contributed by atoms with E-state index >= 15 is 0 Å². The first-order chi connectivity index (χ1) is 10.6. The minimum Gasteiger partial charge on any atom is -0.375 e. The van der Waals surface area contributed by atoms with Crippen molar-refractivity contribution in [2.45, 2.75) is 13.0 Å². The van der Waals surface area contributed by atoms with E-state index in [2.05, 4.69) is 10.6 Å². The highest BCUT2D eigenvalue weighted by Crippen LogP contribution is 2.30. The molecular weight excluding hydrogens is 304 g/mol. The smallest absolute Gasteiger partial charge is 0.245 e. The summed E-state index contributed by atoms with van der Waals surface area (Å²) in [4.78, 5) is 11.6. The maximum absolute atomic E-state index is 11.6. The summed E-state index contributed by atoms with van der Waals surface area (Å²) in [6.45, 7) is 4.80. The Bertz CT molecular complexity index is 510. The first kappa shape index (κ1) is 17.2. The zero-order valence-electron chi connectivity index (χ0n) is 13.0. The Balaban J connectivity index is 2.09. The van der Waals surface area contributed by atoms with E-state index in [1.165, 1.54) is 7.11 Å². The number of ether oxygens (including phenoxy) is 2. The third-order valence-corrected chi connectivity index (χ3v) is 4.18. The summed E-state index contributed by atoms with van der Waals surface area (Å²) < 4.78 is 10.8. The molecule has 0 spiro atoms. The van der Waals surface area contributed by atoms with Crippen LogP contribution in [0.1, 0.15) is 17.2 Å². The number of hydrogen-bond donors (Lipinski definition) is 2. The van der Waals surface area contributed by atoms with Gasteiger partial charge in [0.1, 0.15) is 6.61 Å². The van der Waals surface area contributed by atoms with E-state index in [9.17, 15) is 4.79 Å². The normalized spacial score (nSPS) is 22.1. The summed E-state index contributed by atoms with van der Waals surface area (Å²) in [5.41, 5.74) is 2.09. The Morgan fingerprint density at radius 2 is 2.36 bits per heavy atom. The van der Waals surface area contributed by atoms with E-state index in [-0.39, 0.29) is 24.5 Å². The Hall–Kier alpha value is -1.14. The van der Waals surface area contributed by atoms with E-state index < -0.39 is 0 Å². The summed E-state index contributed by atoms with van der Waals surface area (Å²) in [6, 6.07) is 6.00. The molecule has 122 valence electrons. The van der Waals surface area contributed by atoms with Gasteiger partial charge in [-0.15, -0.1) is 0 Å². The second-order valence-corrected chi connectivity index (χ2v) is 5.91. The van der Waals surface area contributed by atoms with Crippen LogP contribution < -0.4 is 10.6 Å². The highest BCUT2D eigenvalue weighted by atomic mass is 35.5. The van der Waals surface area contributed by atoms with Crippen molar-refractivity contribution < 1.29 is 14.3 Å². The molecule has 1 aliphatic heterocycles. The molecule has 6 heteroatoms. The predicted molar refractivity (Wildman–Crippen MR) is 86.1 cm³/mol.